The summed E-state index contributed by atoms with van der Waals surface area (Å²) in [7, 11) is 2.42. The minimum absolute atomic E-state index is 0.0480. The van der Waals surface area contributed by atoms with Gasteiger partial charge >= 0.3 is 12.1 Å². The number of carbonyl (C=O) groups is 1. The van der Waals surface area contributed by atoms with Gasteiger partial charge in [0.05, 0.1) is 23.2 Å². The average Bonchev–Trinajstić information content (AvgIpc) is 3.29. The summed E-state index contributed by atoms with van der Waals surface area (Å²) in [5, 5.41) is 6.76. The van der Waals surface area contributed by atoms with Gasteiger partial charge in [-0.2, -0.15) is 23.3 Å². The molecule has 4 aromatic heterocycles. The minimum Gasteiger partial charge on any atom is -0.465 e. The number of carbonyl (C=O) groups excluding carboxylic acids is 1. The quantitative estimate of drug-likeness (QED) is 0.213. The van der Waals surface area contributed by atoms with Crippen molar-refractivity contribution in [3.8, 4) is 0 Å². The van der Waals surface area contributed by atoms with Crippen molar-refractivity contribution in [1.29, 1.82) is 0 Å². The van der Waals surface area contributed by atoms with Crippen LogP contribution in [0.5, 0.6) is 0 Å². The van der Waals surface area contributed by atoms with Gasteiger partial charge in [0.25, 0.3) is 5.56 Å². The molecule has 0 bridgehead atoms. The lowest BCUT2D eigenvalue weighted by Crippen LogP contribution is -2.25. The third kappa shape index (κ3) is 3.68. The van der Waals surface area contributed by atoms with Gasteiger partial charge in [-0.1, -0.05) is 11.6 Å². The molecular formula is C22H13ClF4N6O3. The maximum Gasteiger partial charge on any atom is 0.435 e. The first-order valence-corrected chi connectivity index (χ1v) is 10.5. The molecule has 0 amide bonds. The van der Waals surface area contributed by atoms with Crippen LogP contribution in [-0.4, -0.2) is 37.2 Å². The number of alkyl halides is 3. The first-order valence-electron chi connectivity index (χ1n) is 10.1. The van der Waals surface area contributed by atoms with E-state index in [-0.39, 0.29) is 44.0 Å². The maximum absolute atomic E-state index is 13.6. The fraction of sp³-hybridized carbons (Fsp3) is 0.136. The number of ether oxygens (including phenoxy) is 1. The molecule has 5 aromatic rings. The Bertz CT molecular complexity index is 1780. The van der Waals surface area contributed by atoms with Crippen LogP contribution in [0.25, 0.3) is 27.5 Å². The Morgan fingerprint density at radius 2 is 1.92 bits per heavy atom. The standard InChI is InChI=1S/C22H13ClF4N6O3/c1-32-17-10(6-11(19(32)34)20(35)36-2)12-8-28-21(29-9-3-4-14(24)13(23)5-9)30-18(12)33-15(17)7-16(31-33)22(25,26)27/h3-8H,1-2H3,(H,28,29,30). The first kappa shape index (κ1) is 23.5. The molecule has 1 N–H and O–H groups in total. The Morgan fingerprint density at radius 3 is 2.58 bits per heavy atom. The van der Waals surface area contributed by atoms with Crippen LogP contribution in [0.3, 0.4) is 0 Å². The van der Waals surface area contributed by atoms with Gasteiger partial charge in [-0.15, -0.1) is 0 Å². The van der Waals surface area contributed by atoms with Crippen molar-refractivity contribution in [3.63, 3.8) is 0 Å². The van der Waals surface area contributed by atoms with E-state index < -0.39 is 29.2 Å². The third-order valence-corrected chi connectivity index (χ3v) is 5.79. The summed E-state index contributed by atoms with van der Waals surface area (Å²) in [5.74, 6) is -1.60. The molecule has 1 aromatic carbocycles. The molecule has 0 aliphatic carbocycles. The van der Waals surface area contributed by atoms with Crippen LogP contribution in [-0.2, 0) is 18.0 Å². The zero-order chi connectivity index (χ0) is 25.9. The second-order valence-corrected chi connectivity index (χ2v) is 8.09. The van der Waals surface area contributed by atoms with E-state index in [1.54, 1.807) is 0 Å². The molecular weight excluding hydrogens is 508 g/mol. The monoisotopic (exact) mass is 520 g/mol. The van der Waals surface area contributed by atoms with Crippen molar-refractivity contribution in [2.75, 3.05) is 12.4 Å². The zero-order valence-electron chi connectivity index (χ0n) is 18.3. The van der Waals surface area contributed by atoms with Crippen molar-refractivity contribution < 1.29 is 27.1 Å². The number of esters is 1. The molecule has 0 radical (unpaired) electrons. The summed E-state index contributed by atoms with van der Waals surface area (Å²) in [5.41, 5.74) is -2.01. The molecule has 0 aliphatic heterocycles. The van der Waals surface area contributed by atoms with Crippen LogP contribution in [0.15, 0.2) is 41.3 Å². The molecule has 4 heterocycles. The van der Waals surface area contributed by atoms with Crippen molar-refractivity contribution in [1.82, 2.24) is 24.1 Å². The topological polar surface area (TPSA) is 103 Å². The van der Waals surface area contributed by atoms with Crippen molar-refractivity contribution in [2.24, 2.45) is 7.05 Å². The van der Waals surface area contributed by atoms with Gasteiger partial charge in [0, 0.05) is 29.7 Å². The number of nitrogens with one attached hydrogen (secondary N) is 1. The number of halogens is 5. The molecule has 0 fully saturated rings. The molecule has 0 aliphatic rings. The molecule has 5 rings (SSSR count). The number of anilines is 2. The SMILES string of the molecule is COC(=O)c1cc2c3cnc(Nc4ccc(F)c(Cl)c4)nc3n3nc(C(F)(F)F)cc3c2n(C)c1=O. The second kappa shape index (κ2) is 8.16. The molecule has 9 nitrogen and oxygen atoms in total. The lowest BCUT2D eigenvalue weighted by atomic mass is 10.1. The van der Waals surface area contributed by atoms with Gasteiger partial charge in [0.15, 0.2) is 11.3 Å². The summed E-state index contributed by atoms with van der Waals surface area (Å²) in [4.78, 5) is 33.5. The average molecular weight is 521 g/mol. The van der Waals surface area contributed by atoms with Crippen LogP contribution < -0.4 is 10.9 Å². The number of aryl methyl sites for hydroxylation is 1. The Balaban J connectivity index is 1.85. The van der Waals surface area contributed by atoms with Gasteiger partial charge < -0.3 is 14.6 Å². The van der Waals surface area contributed by atoms with E-state index in [0.717, 1.165) is 28.3 Å². The van der Waals surface area contributed by atoms with Crippen LogP contribution in [0.1, 0.15) is 16.1 Å². The highest BCUT2D eigenvalue weighted by Crippen LogP contribution is 2.34. The smallest absolute Gasteiger partial charge is 0.435 e. The Labute approximate surface area is 202 Å². The summed E-state index contributed by atoms with van der Waals surface area (Å²) < 4.78 is 60.9. The van der Waals surface area contributed by atoms with Gasteiger partial charge in [-0.25, -0.2) is 18.7 Å². The number of pyridine rings is 2. The molecule has 36 heavy (non-hydrogen) atoms. The second-order valence-electron chi connectivity index (χ2n) is 7.69. The molecule has 0 saturated carbocycles. The van der Waals surface area contributed by atoms with E-state index in [1.165, 1.54) is 31.4 Å². The summed E-state index contributed by atoms with van der Waals surface area (Å²) in [6.07, 6.45) is -3.48. The molecule has 0 saturated heterocycles. The number of benzene rings is 1. The van der Waals surface area contributed by atoms with Crippen LogP contribution in [0.2, 0.25) is 5.02 Å². The lowest BCUT2D eigenvalue weighted by Gasteiger charge is -2.13. The van der Waals surface area contributed by atoms with Crippen molar-refractivity contribution in [3.05, 3.63) is 69.0 Å². The Morgan fingerprint density at radius 1 is 1.17 bits per heavy atom. The van der Waals surface area contributed by atoms with Crippen LogP contribution >= 0.6 is 11.6 Å². The van der Waals surface area contributed by atoms with Crippen molar-refractivity contribution >= 4 is 56.7 Å². The maximum atomic E-state index is 13.6. The molecule has 0 spiro atoms. The van der Waals surface area contributed by atoms with Gasteiger partial charge in [-0.05, 0) is 30.3 Å². The van der Waals surface area contributed by atoms with Crippen LogP contribution in [0, 0.1) is 5.82 Å². The number of hydrogen-bond donors (Lipinski definition) is 1. The van der Waals surface area contributed by atoms with E-state index >= 15 is 0 Å². The van der Waals surface area contributed by atoms with Gasteiger partial charge in [0.2, 0.25) is 5.95 Å². The van der Waals surface area contributed by atoms with Crippen molar-refractivity contribution in [2.45, 2.75) is 6.18 Å². The highest BCUT2D eigenvalue weighted by atomic mass is 35.5. The van der Waals surface area contributed by atoms with E-state index in [4.69, 9.17) is 11.6 Å². The van der Waals surface area contributed by atoms with E-state index in [0.29, 0.717) is 5.69 Å². The fourth-order valence-corrected chi connectivity index (χ4v) is 4.03. The summed E-state index contributed by atoms with van der Waals surface area (Å²) >= 11 is 5.80. The molecule has 184 valence electrons. The Hall–Kier alpha value is -4.26. The van der Waals surface area contributed by atoms with Gasteiger partial charge in [-0.3, -0.25) is 4.79 Å². The summed E-state index contributed by atoms with van der Waals surface area (Å²) in [6, 6.07) is 5.79. The lowest BCUT2D eigenvalue weighted by molar-refractivity contribution is -0.141. The number of hydrogen-bond acceptors (Lipinski definition) is 7. The number of nitrogens with zero attached hydrogens (tertiary/aromatic N) is 5. The van der Waals surface area contributed by atoms with Crippen LogP contribution in [0.4, 0.5) is 29.2 Å². The Kier molecular flexibility index (Phi) is 5.32. The number of rotatable bonds is 3. The predicted molar refractivity (Wildman–Crippen MR) is 122 cm³/mol. The van der Waals surface area contributed by atoms with E-state index in [1.807, 2.05) is 0 Å². The van der Waals surface area contributed by atoms with E-state index in [2.05, 4.69) is 25.1 Å². The third-order valence-electron chi connectivity index (χ3n) is 5.50. The molecule has 0 atom stereocenters. The molecule has 14 heteroatoms. The number of aromatic nitrogens is 5. The molecule has 0 unspecified atom stereocenters. The highest BCUT2D eigenvalue weighted by Gasteiger charge is 2.35. The first-order chi connectivity index (χ1) is 17.0. The normalized spacial score (nSPS) is 12.0. The fourth-order valence-electron chi connectivity index (χ4n) is 3.85. The number of fused-ring (bicyclic) bond motifs is 6. The zero-order valence-corrected chi connectivity index (χ0v) is 19.1. The van der Waals surface area contributed by atoms with Gasteiger partial charge in [0.1, 0.15) is 11.4 Å². The summed E-state index contributed by atoms with van der Waals surface area (Å²) in [6.45, 7) is 0. The predicted octanol–water partition coefficient (Wildman–Crippen LogP) is 4.47. The highest BCUT2D eigenvalue weighted by molar-refractivity contribution is 6.31. The number of methoxy groups -OCH3 is 1. The van der Waals surface area contributed by atoms with E-state index in [9.17, 15) is 27.2 Å². The largest absolute Gasteiger partial charge is 0.465 e. The minimum atomic E-state index is -4.78.